The van der Waals surface area contributed by atoms with E-state index >= 15 is 0 Å². The van der Waals surface area contributed by atoms with Gasteiger partial charge in [0, 0.05) is 5.56 Å². The van der Waals surface area contributed by atoms with Crippen LogP contribution in [0.25, 0.3) is 0 Å². The van der Waals surface area contributed by atoms with E-state index in [1.807, 2.05) is 0 Å². The first-order chi connectivity index (χ1) is 7.11. The highest BCUT2D eigenvalue weighted by atomic mass is 32.3. The Balaban J connectivity index is 0.000000385. The first-order valence-electron chi connectivity index (χ1n) is 3.84. The number of benzene rings is 1. The van der Waals surface area contributed by atoms with Crippen molar-refractivity contribution in [3.8, 4) is 11.5 Å². The molecule has 0 aliphatic heterocycles. The molecule has 1 rings (SSSR count). The monoisotopic (exact) mass is 250 g/mol. The van der Waals surface area contributed by atoms with Crippen LogP contribution in [0.3, 0.4) is 0 Å². The van der Waals surface area contributed by atoms with Crippen molar-refractivity contribution >= 4 is 16.2 Å². The molecule has 1 aromatic carbocycles. The van der Waals surface area contributed by atoms with E-state index in [0.717, 1.165) is 0 Å². The molecule has 0 bridgehead atoms. The number of ketones is 1. The SMILES string of the molecule is CC(=O)c1ccc(O)c(O)c1.O=S(=O)(O)O. The van der Waals surface area contributed by atoms with Crippen molar-refractivity contribution in [2.45, 2.75) is 6.92 Å². The van der Waals surface area contributed by atoms with Crippen molar-refractivity contribution in [3.05, 3.63) is 23.8 Å². The molecule has 90 valence electrons. The molecule has 0 saturated heterocycles. The van der Waals surface area contributed by atoms with Crippen LogP contribution in [0.5, 0.6) is 11.5 Å². The molecular weight excluding hydrogens is 240 g/mol. The zero-order valence-corrected chi connectivity index (χ0v) is 8.97. The largest absolute Gasteiger partial charge is 0.504 e. The summed E-state index contributed by atoms with van der Waals surface area (Å²) >= 11 is 0. The van der Waals surface area contributed by atoms with Gasteiger partial charge in [-0.1, -0.05) is 0 Å². The van der Waals surface area contributed by atoms with Crippen LogP contribution < -0.4 is 0 Å². The third-order valence-corrected chi connectivity index (χ3v) is 1.38. The Hall–Kier alpha value is -1.64. The molecule has 0 spiro atoms. The molecule has 0 unspecified atom stereocenters. The minimum Gasteiger partial charge on any atom is -0.504 e. The summed E-state index contributed by atoms with van der Waals surface area (Å²) in [6, 6.07) is 3.97. The molecule has 4 N–H and O–H groups in total. The number of carbonyl (C=O) groups excluding carboxylic acids is 1. The van der Waals surface area contributed by atoms with E-state index < -0.39 is 10.4 Å². The third-order valence-electron chi connectivity index (χ3n) is 1.38. The van der Waals surface area contributed by atoms with Crippen molar-refractivity contribution in [1.82, 2.24) is 0 Å². The average molecular weight is 250 g/mol. The maximum Gasteiger partial charge on any atom is 0.394 e. The van der Waals surface area contributed by atoms with E-state index in [0.29, 0.717) is 5.56 Å². The lowest BCUT2D eigenvalue weighted by atomic mass is 10.1. The summed E-state index contributed by atoms with van der Waals surface area (Å²) in [4.78, 5) is 10.7. The molecule has 0 fully saturated rings. The Kier molecular flexibility index (Phi) is 4.89. The van der Waals surface area contributed by atoms with Crippen molar-refractivity contribution in [2.75, 3.05) is 0 Å². The zero-order chi connectivity index (χ0) is 12.9. The second-order valence-electron chi connectivity index (χ2n) is 2.71. The van der Waals surface area contributed by atoms with Crippen LogP contribution in [-0.4, -0.2) is 33.5 Å². The van der Waals surface area contributed by atoms with Crippen LogP contribution in [0.15, 0.2) is 18.2 Å². The lowest BCUT2D eigenvalue weighted by Crippen LogP contribution is -1.89. The molecule has 0 heterocycles. The molecule has 0 saturated carbocycles. The molecule has 0 aliphatic carbocycles. The predicted molar refractivity (Wildman–Crippen MR) is 54.0 cm³/mol. The predicted octanol–water partition coefficient (Wildman–Crippen LogP) is 0.648. The first-order valence-corrected chi connectivity index (χ1v) is 5.23. The van der Waals surface area contributed by atoms with E-state index in [1.165, 1.54) is 25.1 Å². The van der Waals surface area contributed by atoms with Crippen LogP contribution >= 0.6 is 0 Å². The van der Waals surface area contributed by atoms with E-state index in [4.69, 9.17) is 27.7 Å². The van der Waals surface area contributed by atoms with Gasteiger partial charge in [-0.25, -0.2) is 0 Å². The number of Topliss-reactive ketones (excluding diaryl/α,β-unsaturated/α-hetero) is 1. The highest BCUT2D eigenvalue weighted by Crippen LogP contribution is 2.24. The number of rotatable bonds is 1. The smallest absolute Gasteiger partial charge is 0.394 e. The third kappa shape index (κ3) is 6.76. The molecule has 16 heavy (non-hydrogen) atoms. The van der Waals surface area contributed by atoms with Gasteiger partial charge in [0.1, 0.15) is 0 Å². The fraction of sp³-hybridized carbons (Fsp3) is 0.125. The Bertz CT molecular complexity index is 469. The van der Waals surface area contributed by atoms with Gasteiger partial charge >= 0.3 is 10.4 Å². The lowest BCUT2D eigenvalue weighted by molar-refractivity contribution is 0.101. The van der Waals surface area contributed by atoms with E-state index in [-0.39, 0.29) is 17.3 Å². The van der Waals surface area contributed by atoms with Crippen LogP contribution in [0.1, 0.15) is 17.3 Å². The summed E-state index contributed by atoms with van der Waals surface area (Å²) in [6.45, 7) is 1.39. The quantitative estimate of drug-likeness (QED) is 0.326. The number of hydrogen-bond acceptors (Lipinski definition) is 5. The van der Waals surface area contributed by atoms with Gasteiger partial charge in [0.05, 0.1) is 0 Å². The van der Waals surface area contributed by atoms with Crippen LogP contribution in [0.2, 0.25) is 0 Å². The van der Waals surface area contributed by atoms with Gasteiger partial charge in [0.2, 0.25) is 0 Å². The molecule has 0 radical (unpaired) electrons. The van der Waals surface area contributed by atoms with Gasteiger partial charge in [0.25, 0.3) is 0 Å². The van der Waals surface area contributed by atoms with Crippen molar-refractivity contribution in [1.29, 1.82) is 0 Å². The van der Waals surface area contributed by atoms with Gasteiger partial charge < -0.3 is 10.2 Å². The highest BCUT2D eigenvalue weighted by molar-refractivity contribution is 7.79. The Morgan fingerprint density at radius 1 is 1.12 bits per heavy atom. The van der Waals surface area contributed by atoms with E-state index in [9.17, 15) is 4.79 Å². The Labute approximate surface area is 91.5 Å². The number of hydrogen-bond donors (Lipinski definition) is 4. The van der Waals surface area contributed by atoms with Gasteiger partial charge in [0.15, 0.2) is 17.3 Å². The first kappa shape index (κ1) is 14.4. The number of phenols is 2. The number of aromatic hydroxyl groups is 2. The summed E-state index contributed by atoms with van der Waals surface area (Å²) in [5.74, 6) is -0.618. The fourth-order valence-electron chi connectivity index (χ4n) is 0.742. The van der Waals surface area contributed by atoms with E-state index in [1.54, 1.807) is 0 Å². The maximum atomic E-state index is 10.7. The van der Waals surface area contributed by atoms with Crippen molar-refractivity contribution in [3.63, 3.8) is 0 Å². The molecule has 8 heteroatoms. The van der Waals surface area contributed by atoms with Crippen LogP contribution in [0, 0.1) is 0 Å². The second-order valence-corrected chi connectivity index (χ2v) is 3.60. The molecular formula is C8H10O7S. The molecule has 0 atom stereocenters. The Morgan fingerprint density at radius 3 is 1.88 bits per heavy atom. The van der Waals surface area contributed by atoms with Gasteiger partial charge in [-0.2, -0.15) is 8.42 Å². The minimum absolute atomic E-state index is 0.139. The molecule has 0 aliphatic rings. The van der Waals surface area contributed by atoms with Crippen molar-refractivity contribution < 1.29 is 32.5 Å². The normalized spacial score (nSPS) is 10.2. The fourth-order valence-corrected chi connectivity index (χ4v) is 0.742. The minimum atomic E-state index is -4.67. The summed E-state index contributed by atoms with van der Waals surface area (Å²) in [5, 5.41) is 17.8. The standard InChI is InChI=1S/C8H8O3.H2O4S/c1-5(9)6-2-3-7(10)8(11)4-6;1-5(2,3)4/h2-4,10-11H,1H3;(H2,1,2,3,4). The number of carbonyl (C=O) groups is 1. The van der Waals surface area contributed by atoms with Gasteiger partial charge in [-0.3, -0.25) is 13.9 Å². The van der Waals surface area contributed by atoms with E-state index in [2.05, 4.69) is 0 Å². The van der Waals surface area contributed by atoms with Gasteiger partial charge in [-0.05, 0) is 25.1 Å². The van der Waals surface area contributed by atoms with Crippen molar-refractivity contribution in [2.24, 2.45) is 0 Å². The molecule has 0 amide bonds. The van der Waals surface area contributed by atoms with Gasteiger partial charge in [-0.15, -0.1) is 0 Å². The highest BCUT2D eigenvalue weighted by Gasteiger charge is 2.02. The molecule has 7 nitrogen and oxygen atoms in total. The topological polar surface area (TPSA) is 132 Å². The van der Waals surface area contributed by atoms with Crippen LogP contribution in [-0.2, 0) is 10.4 Å². The second kappa shape index (κ2) is 5.45. The Morgan fingerprint density at radius 2 is 1.56 bits per heavy atom. The molecule has 0 aromatic heterocycles. The summed E-state index contributed by atoms with van der Waals surface area (Å²) < 4.78 is 31.6. The average Bonchev–Trinajstić information content (AvgIpc) is 2.06. The zero-order valence-electron chi connectivity index (χ0n) is 8.15. The molecule has 1 aromatic rings. The summed E-state index contributed by atoms with van der Waals surface area (Å²) in [6.07, 6.45) is 0. The maximum absolute atomic E-state index is 10.7. The summed E-state index contributed by atoms with van der Waals surface area (Å²) in [5.41, 5.74) is 0.389. The van der Waals surface area contributed by atoms with Crippen LogP contribution in [0.4, 0.5) is 0 Å². The number of phenolic OH excluding ortho intramolecular Hbond substituents is 2. The summed E-state index contributed by atoms with van der Waals surface area (Å²) in [7, 11) is -4.67. The lowest BCUT2D eigenvalue weighted by Gasteiger charge is -1.98.